The molecule has 9 heteroatoms. The van der Waals surface area contributed by atoms with Gasteiger partial charge in [-0.1, -0.05) is 24.3 Å². The molecule has 0 fully saturated rings. The summed E-state index contributed by atoms with van der Waals surface area (Å²) >= 11 is 5.59. The number of anilines is 2. The van der Waals surface area contributed by atoms with Crippen molar-refractivity contribution in [2.75, 3.05) is 24.9 Å². The Morgan fingerprint density at radius 2 is 1.62 bits per heavy atom. The first-order chi connectivity index (χ1) is 16.4. The van der Waals surface area contributed by atoms with Crippen molar-refractivity contribution in [2.45, 2.75) is 32.7 Å². The molecule has 0 saturated heterocycles. The summed E-state index contributed by atoms with van der Waals surface area (Å²) in [5.41, 5.74) is 5.08. The summed E-state index contributed by atoms with van der Waals surface area (Å²) in [5, 5.41) is 9.92. The number of thiocarbonyl (C=S) groups is 1. The smallest absolute Gasteiger partial charge is 0.229 e. The number of nitrogens with zero attached hydrogens (tertiary/aromatic N) is 3. The number of hydrogen-bond donors (Lipinski definition) is 3. The molecule has 34 heavy (non-hydrogen) atoms. The van der Waals surface area contributed by atoms with Gasteiger partial charge in [0.1, 0.15) is 11.5 Å². The highest BCUT2D eigenvalue weighted by molar-refractivity contribution is 7.80. The Bertz CT molecular complexity index is 1180. The molecule has 0 amide bonds. The lowest BCUT2D eigenvalue weighted by Crippen LogP contribution is -2.40. The van der Waals surface area contributed by atoms with Crippen LogP contribution in [0.4, 0.5) is 11.6 Å². The van der Waals surface area contributed by atoms with Crippen molar-refractivity contribution in [1.29, 1.82) is 0 Å². The largest absolute Gasteiger partial charge is 0.497 e. The van der Waals surface area contributed by atoms with Gasteiger partial charge >= 0.3 is 0 Å². The molecule has 1 aromatic heterocycles. The zero-order valence-corrected chi connectivity index (χ0v) is 20.5. The summed E-state index contributed by atoms with van der Waals surface area (Å²) in [6.45, 7) is 3.86. The zero-order valence-electron chi connectivity index (χ0n) is 19.7. The lowest BCUT2D eigenvalue weighted by molar-refractivity contribution is 0.395. The van der Waals surface area contributed by atoms with Gasteiger partial charge in [0.25, 0.3) is 0 Å². The average Bonchev–Trinajstić information content (AvgIpc) is 3.20. The summed E-state index contributed by atoms with van der Waals surface area (Å²) in [5.74, 6) is 2.24. The van der Waals surface area contributed by atoms with Gasteiger partial charge in [0.2, 0.25) is 11.9 Å². The maximum absolute atomic E-state index is 5.59. The van der Waals surface area contributed by atoms with E-state index in [0.29, 0.717) is 34.2 Å². The Balaban J connectivity index is 1.55. The Kier molecular flexibility index (Phi) is 7.22. The SMILES string of the molecule is COc1ccc(NC(=S)NC(=NC2Cc3ccccc3C2)Nc2nc(C)cc(C)n2)c(OC)c1. The van der Waals surface area contributed by atoms with Gasteiger partial charge in [0, 0.05) is 17.5 Å². The second-order valence-corrected chi connectivity index (χ2v) is 8.46. The van der Waals surface area contributed by atoms with Gasteiger partial charge in [0.15, 0.2) is 5.11 Å². The Morgan fingerprint density at radius 3 is 2.24 bits per heavy atom. The lowest BCUT2D eigenvalue weighted by Gasteiger charge is -2.17. The molecule has 3 aromatic rings. The molecule has 0 atom stereocenters. The fraction of sp³-hybridized carbons (Fsp3) is 0.280. The van der Waals surface area contributed by atoms with Crippen LogP contribution in [-0.2, 0) is 12.8 Å². The molecule has 176 valence electrons. The predicted octanol–water partition coefficient (Wildman–Crippen LogP) is 4.03. The summed E-state index contributed by atoms with van der Waals surface area (Å²) in [6, 6.07) is 15.9. The van der Waals surface area contributed by atoms with E-state index in [-0.39, 0.29) is 6.04 Å². The first-order valence-corrected chi connectivity index (χ1v) is 11.4. The topological polar surface area (TPSA) is 92.7 Å². The average molecular weight is 477 g/mol. The molecular formula is C25H28N6O2S. The fourth-order valence-electron chi connectivity index (χ4n) is 3.96. The van der Waals surface area contributed by atoms with Gasteiger partial charge in [-0.2, -0.15) is 0 Å². The standard InChI is InChI=1S/C25H28N6O2S/c1-15-11-16(2)27-23(26-15)30-24(28-19-12-17-7-5-6-8-18(17)13-19)31-25(34)29-21-10-9-20(32-3)14-22(21)33-4/h5-11,14,19H,12-13H2,1-4H3,(H3,26,27,28,29,30,31,34). The van der Waals surface area contributed by atoms with Crippen LogP contribution in [0.15, 0.2) is 53.5 Å². The maximum atomic E-state index is 5.59. The molecule has 0 spiro atoms. The molecule has 8 nitrogen and oxygen atoms in total. The van der Waals surface area contributed by atoms with Crippen molar-refractivity contribution in [3.8, 4) is 11.5 Å². The second-order valence-electron chi connectivity index (χ2n) is 8.05. The van der Waals surface area contributed by atoms with E-state index in [2.05, 4.69) is 50.2 Å². The Hall–Kier alpha value is -3.72. The third-order valence-corrected chi connectivity index (χ3v) is 5.65. The third-order valence-electron chi connectivity index (χ3n) is 5.44. The summed E-state index contributed by atoms with van der Waals surface area (Å²) in [6.07, 6.45) is 1.73. The molecular weight excluding hydrogens is 448 g/mol. The predicted molar refractivity (Wildman–Crippen MR) is 139 cm³/mol. The molecule has 2 aromatic carbocycles. The number of nitrogens with one attached hydrogen (secondary N) is 3. The molecule has 4 rings (SSSR count). The van der Waals surface area contributed by atoms with E-state index in [1.54, 1.807) is 20.3 Å². The number of rotatable bonds is 5. The van der Waals surface area contributed by atoms with Crippen LogP contribution in [0.1, 0.15) is 22.5 Å². The van der Waals surface area contributed by atoms with E-state index in [4.69, 9.17) is 26.7 Å². The highest BCUT2D eigenvalue weighted by atomic mass is 32.1. The van der Waals surface area contributed by atoms with Crippen LogP contribution in [-0.4, -0.2) is 41.3 Å². The van der Waals surface area contributed by atoms with Crippen LogP contribution in [0.2, 0.25) is 0 Å². The van der Waals surface area contributed by atoms with E-state index in [1.807, 2.05) is 32.0 Å². The van der Waals surface area contributed by atoms with E-state index >= 15 is 0 Å². The van der Waals surface area contributed by atoms with Crippen molar-refractivity contribution in [3.05, 3.63) is 71.0 Å². The van der Waals surface area contributed by atoms with E-state index in [9.17, 15) is 0 Å². The molecule has 0 radical (unpaired) electrons. The minimum absolute atomic E-state index is 0.0802. The van der Waals surface area contributed by atoms with E-state index in [0.717, 1.165) is 24.2 Å². The third kappa shape index (κ3) is 5.79. The summed E-state index contributed by atoms with van der Waals surface area (Å²) in [7, 11) is 3.21. The van der Waals surface area contributed by atoms with Gasteiger partial charge in [-0.05, 0) is 68.2 Å². The van der Waals surface area contributed by atoms with Crippen molar-refractivity contribution < 1.29 is 9.47 Å². The number of aliphatic imine (C=N–C) groups is 1. The number of benzene rings is 2. The Morgan fingerprint density at radius 1 is 0.941 bits per heavy atom. The second kappa shape index (κ2) is 10.5. The number of ether oxygens (including phenoxy) is 2. The van der Waals surface area contributed by atoms with Gasteiger partial charge in [-0.15, -0.1) is 0 Å². The van der Waals surface area contributed by atoms with Crippen LogP contribution in [0.3, 0.4) is 0 Å². The molecule has 0 aliphatic heterocycles. The number of aromatic nitrogens is 2. The molecule has 0 bridgehead atoms. The van der Waals surface area contributed by atoms with Crippen molar-refractivity contribution in [3.63, 3.8) is 0 Å². The first-order valence-electron chi connectivity index (χ1n) is 11.0. The number of fused-ring (bicyclic) bond motifs is 1. The maximum Gasteiger partial charge on any atom is 0.229 e. The zero-order chi connectivity index (χ0) is 24.1. The highest BCUT2D eigenvalue weighted by Crippen LogP contribution is 2.29. The molecule has 3 N–H and O–H groups in total. The number of guanidine groups is 1. The van der Waals surface area contributed by atoms with Crippen LogP contribution in [0.5, 0.6) is 11.5 Å². The molecule has 1 heterocycles. The lowest BCUT2D eigenvalue weighted by atomic mass is 10.1. The van der Waals surface area contributed by atoms with Crippen LogP contribution in [0.25, 0.3) is 0 Å². The van der Waals surface area contributed by atoms with Gasteiger partial charge in [0.05, 0.1) is 25.9 Å². The van der Waals surface area contributed by atoms with E-state index in [1.165, 1.54) is 11.1 Å². The molecule has 1 aliphatic rings. The van der Waals surface area contributed by atoms with Crippen molar-refractivity contribution in [1.82, 2.24) is 15.3 Å². The fourth-order valence-corrected chi connectivity index (χ4v) is 4.16. The number of aryl methyl sites for hydroxylation is 2. The summed E-state index contributed by atoms with van der Waals surface area (Å²) in [4.78, 5) is 13.9. The van der Waals surface area contributed by atoms with Gasteiger partial charge in [-0.3, -0.25) is 5.32 Å². The quantitative estimate of drug-likeness (QED) is 0.289. The monoisotopic (exact) mass is 476 g/mol. The van der Waals surface area contributed by atoms with Crippen LogP contribution < -0.4 is 25.4 Å². The van der Waals surface area contributed by atoms with E-state index < -0.39 is 0 Å². The Labute approximate surface area is 204 Å². The van der Waals surface area contributed by atoms with Crippen LogP contribution >= 0.6 is 12.2 Å². The van der Waals surface area contributed by atoms with Crippen molar-refractivity contribution >= 4 is 34.9 Å². The summed E-state index contributed by atoms with van der Waals surface area (Å²) < 4.78 is 10.7. The molecule has 0 unspecified atom stereocenters. The van der Waals surface area contributed by atoms with Crippen molar-refractivity contribution in [2.24, 2.45) is 4.99 Å². The van der Waals surface area contributed by atoms with Crippen LogP contribution in [0, 0.1) is 13.8 Å². The number of hydrogen-bond acceptors (Lipinski definition) is 6. The van der Waals surface area contributed by atoms with Gasteiger partial charge < -0.3 is 20.1 Å². The normalized spacial score (nSPS) is 13.2. The molecule has 1 aliphatic carbocycles. The molecule has 0 saturated carbocycles. The number of methoxy groups -OCH3 is 2. The van der Waals surface area contributed by atoms with Gasteiger partial charge in [-0.25, -0.2) is 15.0 Å². The first kappa shape index (κ1) is 23.4. The minimum atomic E-state index is 0.0802. The minimum Gasteiger partial charge on any atom is -0.497 e. The highest BCUT2D eigenvalue weighted by Gasteiger charge is 2.21.